The molecule has 2 saturated heterocycles. The summed E-state index contributed by atoms with van der Waals surface area (Å²) in [6, 6.07) is 9.18. The third-order valence-electron chi connectivity index (χ3n) is 5.68. The van der Waals surface area contributed by atoms with Crippen molar-refractivity contribution in [1.29, 1.82) is 0 Å². The lowest BCUT2D eigenvalue weighted by Gasteiger charge is -2.47. The third-order valence-corrected chi connectivity index (χ3v) is 5.68. The van der Waals surface area contributed by atoms with Crippen LogP contribution in [0.15, 0.2) is 28.8 Å². The number of likely N-dealkylation sites (tertiary alicyclic amines) is 1. The number of nitrogens with zero attached hydrogens (tertiary/aromatic N) is 3. The Labute approximate surface area is 159 Å². The highest BCUT2D eigenvalue weighted by molar-refractivity contribution is 5.27. The van der Waals surface area contributed by atoms with Gasteiger partial charge in [-0.05, 0) is 42.0 Å². The van der Waals surface area contributed by atoms with Gasteiger partial charge in [0.1, 0.15) is 0 Å². The summed E-state index contributed by atoms with van der Waals surface area (Å²) in [6.45, 7) is 6.92. The van der Waals surface area contributed by atoms with E-state index in [-0.39, 0.29) is 18.2 Å². The summed E-state index contributed by atoms with van der Waals surface area (Å²) in [6.07, 6.45) is 1.66. The molecule has 0 saturated carbocycles. The molecule has 4 rings (SSSR count). The molecule has 2 aromatic rings. The maximum atomic E-state index is 10.1. The second kappa shape index (κ2) is 7.96. The molecule has 0 amide bonds. The van der Waals surface area contributed by atoms with E-state index in [1.807, 2.05) is 6.92 Å². The van der Waals surface area contributed by atoms with Crippen LogP contribution in [0.4, 0.5) is 0 Å². The Bertz CT molecular complexity index is 748. The van der Waals surface area contributed by atoms with Crippen molar-refractivity contribution in [2.75, 3.05) is 26.2 Å². The number of β-amino-alcohol motifs (C(OH)–C–C–N with tert-alkyl or cyclic N) is 1. The molecule has 27 heavy (non-hydrogen) atoms. The number of hydrogen-bond acceptors (Lipinski definition) is 7. The van der Waals surface area contributed by atoms with Crippen LogP contribution in [0.2, 0.25) is 0 Å². The number of ether oxygens (including phenoxy) is 1. The lowest BCUT2D eigenvalue weighted by atomic mass is 9.83. The average Bonchev–Trinajstić information content (AvgIpc) is 3.16. The van der Waals surface area contributed by atoms with E-state index in [1.54, 1.807) is 0 Å². The van der Waals surface area contributed by atoms with Gasteiger partial charge in [0.25, 0.3) is 0 Å². The highest BCUT2D eigenvalue weighted by Gasteiger charge is 2.40. The lowest BCUT2D eigenvalue weighted by molar-refractivity contribution is -0.0453. The van der Waals surface area contributed by atoms with Gasteiger partial charge in [0.2, 0.25) is 5.89 Å². The van der Waals surface area contributed by atoms with Crippen molar-refractivity contribution >= 4 is 0 Å². The average molecular weight is 372 g/mol. The van der Waals surface area contributed by atoms with Crippen molar-refractivity contribution in [1.82, 2.24) is 20.4 Å². The van der Waals surface area contributed by atoms with Crippen LogP contribution >= 0.6 is 0 Å². The van der Waals surface area contributed by atoms with Crippen LogP contribution in [0.25, 0.3) is 0 Å². The van der Waals surface area contributed by atoms with E-state index < -0.39 is 0 Å². The number of aromatic nitrogens is 2. The van der Waals surface area contributed by atoms with Gasteiger partial charge in [0, 0.05) is 19.6 Å². The van der Waals surface area contributed by atoms with Gasteiger partial charge in [0.15, 0.2) is 0 Å². The van der Waals surface area contributed by atoms with E-state index in [9.17, 15) is 5.11 Å². The zero-order chi connectivity index (χ0) is 18.8. The minimum atomic E-state index is -0.325. The normalized spacial score (nSPS) is 28.7. The SMILES string of the molecule is CCOc1noc(C2CC(c3ccc(CC)cc3)CN(C3NCC3O)C2)n1. The maximum absolute atomic E-state index is 10.1. The van der Waals surface area contributed by atoms with E-state index in [0.717, 1.165) is 25.9 Å². The molecule has 1 aromatic heterocycles. The topological polar surface area (TPSA) is 83.7 Å². The van der Waals surface area contributed by atoms with E-state index >= 15 is 0 Å². The smallest absolute Gasteiger partial charge is 0.354 e. The fourth-order valence-electron chi connectivity index (χ4n) is 4.08. The van der Waals surface area contributed by atoms with Gasteiger partial charge >= 0.3 is 6.01 Å². The first-order chi connectivity index (χ1) is 13.2. The van der Waals surface area contributed by atoms with Crippen molar-refractivity contribution in [3.8, 4) is 6.01 Å². The molecule has 0 radical (unpaired) electrons. The first-order valence-electron chi connectivity index (χ1n) is 9.88. The van der Waals surface area contributed by atoms with Crippen LogP contribution in [0.1, 0.15) is 49.1 Å². The fourth-order valence-corrected chi connectivity index (χ4v) is 4.08. The van der Waals surface area contributed by atoms with E-state index in [4.69, 9.17) is 9.26 Å². The minimum absolute atomic E-state index is 0.000464. The van der Waals surface area contributed by atoms with Gasteiger partial charge in [-0.2, -0.15) is 4.98 Å². The lowest BCUT2D eigenvalue weighted by Crippen LogP contribution is -2.67. The summed E-state index contributed by atoms with van der Waals surface area (Å²) in [5.41, 5.74) is 2.66. The van der Waals surface area contributed by atoms with Crippen molar-refractivity contribution in [3.05, 3.63) is 41.3 Å². The standard InChI is InChI=1S/C20H28N4O3/c1-3-13-5-7-14(8-6-13)15-9-16(19-22-20(23-27-19)26-4-2)12-24(11-15)18-17(25)10-21-18/h5-8,15-18,21,25H,3-4,9-12H2,1-2H3. The first-order valence-corrected chi connectivity index (χ1v) is 9.88. The molecule has 2 aliphatic rings. The summed E-state index contributed by atoms with van der Waals surface area (Å²) >= 11 is 0. The summed E-state index contributed by atoms with van der Waals surface area (Å²) in [5.74, 6) is 1.09. The molecule has 146 valence electrons. The molecule has 4 unspecified atom stereocenters. The largest absolute Gasteiger partial charge is 0.462 e. The fraction of sp³-hybridized carbons (Fsp3) is 0.600. The van der Waals surface area contributed by atoms with E-state index in [2.05, 4.69) is 51.5 Å². The number of aryl methyl sites for hydroxylation is 1. The molecule has 3 heterocycles. The van der Waals surface area contributed by atoms with Crippen molar-refractivity contribution in [3.63, 3.8) is 0 Å². The van der Waals surface area contributed by atoms with Crippen LogP contribution in [0, 0.1) is 0 Å². The van der Waals surface area contributed by atoms with Gasteiger partial charge in [-0.1, -0.05) is 31.2 Å². The van der Waals surface area contributed by atoms with Crippen molar-refractivity contribution in [2.45, 2.75) is 50.8 Å². The molecule has 7 heteroatoms. The van der Waals surface area contributed by atoms with Crippen molar-refractivity contribution in [2.24, 2.45) is 0 Å². The predicted molar refractivity (Wildman–Crippen MR) is 101 cm³/mol. The number of rotatable bonds is 6. The second-order valence-corrected chi connectivity index (χ2v) is 7.45. The zero-order valence-corrected chi connectivity index (χ0v) is 16.0. The molecule has 2 N–H and O–H groups in total. The Morgan fingerprint density at radius 3 is 2.63 bits per heavy atom. The summed E-state index contributed by atoms with van der Waals surface area (Å²) < 4.78 is 10.8. The van der Waals surface area contributed by atoms with Crippen molar-refractivity contribution < 1.29 is 14.4 Å². The van der Waals surface area contributed by atoms with Gasteiger partial charge in [-0.15, -0.1) is 0 Å². The highest BCUT2D eigenvalue weighted by Crippen LogP contribution is 2.37. The third kappa shape index (κ3) is 3.85. The molecule has 0 spiro atoms. The summed E-state index contributed by atoms with van der Waals surface area (Å²) in [4.78, 5) is 6.74. The van der Waals surface area contributed by atoms with E-state index in [0.29, 0.717) is 31.0 Å². The van der Waals surface area contributed by atoms with Gasteiger partial charge < -0.3 is 14.4 Å². The molecular formula is C20H28N4O3. The Morgan fingerprint density at radius 1 is 1.22 bits per heavy atom. The Kier molecular flexibility index (Phi) is 5.43. The van der Waals surface area contributed by atoms with Gasteiger partial charge in [-0.3, -0.25) is 10.2 Å². The number of benzene rings is 1. The number of piperidine rings is 1. The molecule has 7 nitrogen and oxygen atoms in total. The first kappa shape index (κ1) is 18.4. The monoisotopic (exact) mass is 372 g/mol. The molecule has 0 bridgehead atoms. The number of aliphatic hydroxyl groups is 1. The number of nitrogens with one attached hydrogen (secondary N) is 1. The number of hydrogen-bond donors (Lipinski definition) is 2. The Hall–Kier alpha value is -1.96. The summed E-state index contributed by atoms with van der Waals surface area (Å²) in [7, 11) is 0. The predicted octanol–water partition coefficient (Wildman–Crippen LogP) is 1.89. The van der Waals surface area contributed by atoms with Crippen LogP contribution < -0.4 is 10.1 Å². The van der Waals surface area contributed by atoms with E-state index in [1.165, 1.54) is 11.1 Å². The van der Waals surface area contributed by atoms with Gasteiger partial charge in [0.05, 0.1) is 24.8 Å². The second-order valence-electron chi connectivity index (χ2n) is 7.45. The Morgan fingerprint density at radius 2 is 2.00 bits per heavy atom. The molecule has 2 aliphatic heterocycles. The molecule has 1 aromatic carbocycles. The Balaban J connectivity index is 1.56. The highest BCUT2D eigenvalue weighted by atomic mass is 16.5. The maximum Gasteiger partial charge on any atom is 0.354 e. The number of aliphatic hydroxyl groups excluding tert-OH is 1. The van der Waals surface area contributed by atoms with Gasteiger partial charge in [-0.25, -0.2) is 0 Å². The molecule has 0 aliphatic carbocycles. The van der Waals surface area contributed by atoms with Crippen LogP contribution in [0.5, 0.6) is 6.01 Å². The zero-order valence-electron chi connectivity index (χ0n) is 16.0. The van der Waals surface area contributed by atoms with Crippen LogP contribution in [-0.4, -0.2) is 58.7 Å². The van der Waals surface area contributed by atoms with Crippen LogP contribution in [-0.2, 0) is 6.42 Å². The van der Waals surface area contributed by atoms with Crippen LogP contribution in [0.3, 0.4) is 0 Å². The minimum Gasteiger partial charge on any atom is -0.462 e. The molecule has 4 atom stereocenters. The molecular weight excluding hydrogens is 344 g/mol. The summed E-state index contributed by atoms with van der Waals surface area (Å²) in [5, 5.41) is 17.4. The molecule has 2 fully saturated rings. The quantitative estimate of drug-likeness (QED) is 0.801.